The van der Waals surface area contributed by atoms with Gasteiger partial charge in [0.1, 0.15) is 0 Å². The Bertz CT molecular complexity index is 269. The van der Waals surface area contributed by atoms with E-state index in [0.717, 1.165) is 19.5 Å². The van der Waals surface area contributed by atoms with Gasteiger partial charge in [0, 0.05) is 18.6 Å². The Hall–Kier alpha value is -0.860. The van der Waals surface area contributed by atoms with Crippen molar-refractivity contribution in [1.82, 2.24) is 10.6 Å². The van der Waals surface area contributed by atoms with Crippen LogP contribution in [0.25, 0.3) is 0 Å². The van der Waals surface area contributed by atoms with Gasteiger partial charge in [-0.1, -0.05) is 44.2 Å². The van der Waals surface area contributed by atoms with Gasteiger partial charge in [-0.3, -0.25) is 0 Å². The van der Waals surface area contributed by atoms with E-state index < -0.39 is 0 Å². The van der Waals surface area contributed by atoms with Crippen molar-refractivity contribution in [2.45, 2.75) is 39.3 Å². The molecule has 0 saturated heterocycles. The zero-order chi connectivity index (χ0) is 11.8. The minimum atomic E-state index is 0.533. The molecule has 1 aromatic carbocycles. The minimum Gasteiger partial charge on any atom is -0.313 e. The van der Waals surface area contributed by atoms with E-state index in [-0.39, 0.29) is 0 Å². The fraction of sp³-hybridized carbons (Fsp3) is 0.571. The minimum absolute atomic E-state index is 0.533. The van der Waals surface area contributed by atoms with Crippen LogP contribution in [0.4, 0.5) is 0 Å². The first kappa shape index (κ1) is 13.2. The molecule has 0 aliphatic rings. The van der Waals surface area contributed by atoms with Crippen LogP contribution in [0.2, 0.25) is 0 Å². The van der Waals surface area contributed by atoms with Gasteiger partial charge in [-0.15, -0.1) is 0 Å². The molecule has 2 heteroatoms. The Morgan fingerprint density at radius 3 is 2.31 bits per heavy atom. The molecule has 0 amide bonds. The van der Waals surface area contributed by atoms with Gasteiger partial charge >= 0.3 is 0 Å². The average molecular weight is 220 g/mol. The van der Waals surface area contributed by atoms with E-state index >= 15 is 0 Å². The zero-order valence-corrected chi connectivity index (χ0v) is 10.7. The summed E-state index contributed by atoms with van der Waals surface area (Å²) in [5.41, 5.74) is 1.40. The number of hydrogen-bond acceptors (Lipinski definition) is 2. The van der Waals surface area contributed by atoms with Gasteiger partial charge in [-0.2, -0.15) is 0 Å². The van der Waals surface area contributed by atoms with E-state index in [0.29, 0.717) is 12.1 Å². The van der Waals surface area contributed by atoms with Crippen LogP contribution in [-0.4, -0.2) is 25.2 Å². The Balaban J connectivity index is 2.11. The molecule has 0 fully saturated rings. The van der Waals surface area contributed by atoms with Gasteiger partial charge in [-0.25, -0.2) is 0 Å². The van der Waals surface area contributed by atoms with Crippen molar-refractivity contribution in [3.63, 3.8) is 0 Å². The van der Waals surface area contributed by atoms with Gasteiger partial charge in [0.2, 0.25) is 0 Å². The summed E-state index contributed by atoms with van der Waals surface area (Å²) in [5.74, 6) is 0. The average Bonchev–Trinajstić information content (AvgIpc) is 2.28. The maximum atomic E-state index is 3.52. The number of rotatable bonds is 7. The van der Waals surface area contributed by atoms with Crippen molar-refractivity contribution in [3.05, 3.63) is 35.9 Å². The second-order valence-electron chi connectivity index (χ2n) is 4.65. The highest BCUT2D eigenvalue weighted by Gasteiger charge is 2.01. The molecule has 0 saturated carbocycles. The molecule has 0 heterocycles. The molecular weight excluding hydrogens is 196 g/mol. The van der Waals surface area contributed by atoms with Crippen molar-refractivity contribution in [1.29, 1.82) is 0 Å². The third-order valence-corrected chi connectivity index (χ3v) is 2.58. The van der Waals surface area contributed by atoms with Crippen LogP contribution in [0.3, 0.4) is 0 Å². The van der Waals surface area contributed by atoms with E-state index in [2.05, 4.69) is 61.7 Å². The van der Waals surface area contributed by atoms with E-state index in [1.54, 1.807) is 0 Å². The van der Waals surface area contributed by atoms with E-state index in [1.165, 1.54) is 5.56 Å². The topological polar surface area (TPSA) is 24.1 Å². The number of benzene rings is 1. The largest absolute Gasteiger partial charge is 0.313 e. The maximum absolute atomic E-state index is 3.52. The van der Waals surface area contributed by atoms with Gasteiger partial charge in [0.25, 0.3) is 0 Å². The quantitative estimate of drug-likeness (QED) is 0.736. The summed E-state index contributed by atoms with van der Waals surface area (Å²) in [6, 6.07) is 11.7. The summed E-state index contributed by atoms with van der Waals surface area (Å²) >= 11 is 0. The second-order valence-corrected chi connectivity index (χ2v) is 4.65. The lowest BCUT2D eigenvalue weighted by Gasteiger charge is -2.16. The molecule has 1 atom stereocenters. The molecule has 0 aromatic heterocycles. The molecule has 0 aliphatic carbocycles. The fourth-order valence-electron chi connectivity index (χ4n) is 1.59. The summed E-state index contributed by atoms with van der Waals surface area (Å²) in [6.07, 6.45) is 1.10. The fourth-order valence-corrected chi connectivity index (χ4v) is 1.59. The molecular formula is C14H24N2. The van der Waals surface area contributed by atoms with Crippen molar-refractivity contribution < 1.29 is 0 Å². The van der Waals surface area contributed by atoms with Crippen LogP contribution < -0.4 is 10.6 Å². The van der Waals surface area contributed by atoms with Crippen molar-refractivity contribution >= 4 is 0 Å². The zero-order valence-electron chi connectivity index (χ0n) is 10.7. The molecule has 0 radical (unpaired) electrons. The molecule has 90 valence electrons. The van der Waals surface area contributed by atoms with Gasteiger partial charge in [-0.05, 0) is 25.5 Å². The van der Waals surface area contributed by atoms with Crippen molar-refractivity contribution in [3.8, 4) is 0 Å². The Morgan fingerprint density at radius 1 is 1.00 bits per heavy atom. The second kappa shape index (κ2) is 7.42. The molecule has 0 aliphatic heterocycles. The van der Waals surface area contributed by atoms with Crippen molar-refractivity contribution in [2.75, 3.05) is 13.1 Å². The SMILES string of the molecule is CC(C)NCC(C)NCCc1ccccc1. The molecule has 1 aromatic rings. The molecule has 0 bridgehead atoms. The molecule has 2 N–H and O–H groups in total. The van der Waals surface area contributed by atoms with Gasteiger partial charge in [0.15, 0.2) is 0 Å². The Kier molecular flexibility index (Phi) is 6.12. The first-order valence-electron chi connectivity index (χ1n) is 6.19. The monoisotopic (exact) mass is 220 g/mol. The standard InChI is InChI=1S/C14H24N2/c1-12(2)16-11-13(3)15-10-9-14-7-5-4-6-8-14/h4-8,12-13,15-16H,9-11H2,1-3H3. The van der Waals surface area contributed by atoms with Crippen LogP contribution >= 0.6 is 0 Å². The summed E-state index contributed by atoms with van der Waals surface area (Å²) in [5, 5.41) is 6.96. The van der Waals surface area contributed by atoms with E-state index in [4.69, 9.17) is 0 Å². The predicted octanol–water partition coefficient (Wildman–Crippen LogP) is 2.21. The summed E-state index contributed by atoms with van der Waals surface area (Å²) in [6.45, 7) is 8.66. The van der Waals surface area contributed by atoms with Crippen LogP contribution in [0.15, 0.2) is 30.3 Å². The molecule has 16 heavy (non-hydrogen) atoms. The first-order chi connectivity index (χ1) is 7.68. The maximum Gasteiger partial charge on any atom is 0.0164 e. The highest BCUT2D eigenvalue weighted by Crippen LogP contribution is 1.98. The van der Waals surface area contributed by atoms with Crippen molar-refractivity contribution in [2.24, 2.45) is 0 Å². The van der Waals surface area contributed by atoms with Crippen LogP contribution in [0.1, 0.15) is 26.3 Å². The smallest absolute Gasteiger partial charge is 0.0164 e. The Labute approximate surface area is 99.5 Å². The van der Waals surface area contributed by atoms with E-state index in [9.17, 15) is 0 Å². The highest BCUT2D eigenvalue weighted by molar-refractivity contribution is 5.14. The summed E-state index contributed by atoms with van der Waals surface area (Å²) in [7, 11) is 0. The third kappa shape index (κ3) is 5.89. The summed E-state index contributed by atoms with van der Waals surface area (Å²) < 4.78 is 0. The Morgan fingerprint density at radius 2 is 1.69 bits per heavy atom. The lowest BCUT2D eigenvalue weighted by Crippen LogP contribution is -2.39. The van der Waals surface area contributed by atoms with Gasteiger partial charge in [0.05, 0.1) is 0 Å². The molecule has 0 spiro atoms. The lowest BCUT2D eigenvalue weighted by molar-refractivity contribution is 0.477. The molecule has 1 rings (SSSR count). The third-order valence-electron chi connectivity index (χ3n) is 2.58. The number of hydrogen-bond donors (Lipinski definition) is 2. The normalized spacial score (nSPS) is 13.0. The predicted molar refractivity (Wildman–Crippen MR) is 70.7 cm³/mol. The summed E-state index contributed by atoms with van der Waals surface area (Å²) in [4.78, 5) is 0. The van der Waals surface area contributed by atoms with Crippen LogP contribution in [0.5, 0.6) is 0 Å². The number of nitrogens with one attached hydrogen (secondary N) is 2. The molecule has 1 unspecified atom stereocenters. The lowest BCUT2D eigenvalue weighted by atomic mass is 10.1. The van der Waals surface area contributed by atoms with E-state index in [1.807, 2.05) is 0 Å². The van der Waals surface area contributed by atoms with Gasteiger partial charge < -0.3 is 10.6 Å². The molecule has 2 nitrogen and oxygen atoms in total. The van der Waals surface area contributed by atoms with Crippen LogP contribution in [-0.2, 0) is 6.42 Å². The van der Waals surface area contributed by atoms with Crippen LogP contribution in [0, 0.1) is 0 Å². The highest BCUT2D eigenvalue weighted by atomic mass is 15.0. The first-order valence-corrected chi connectivity index (χ1v) is 6.19.